The van der Waals surface area contributed by atoms with E-state index in [0.717, 1.165) is 5.56 Å². The van der Waals surface area contributed by atoms with Crippen LogP contribution in [0.15, 0.2) is 24.3 Å². The number of methoxy groups -OCH3 is 1. The van der Waals surface area contributed by atoms with Crippen molar-refractivity contribution < 1.29 is 9.84 Å². The summed E-state index contributed by atoms with van der Waals surface area (Å²) in [7, 11) is 1.53. The van der Waals surface area contributed by atoms with Crippen LogP contribution in [0.4, 0.5) is 0 Å². The Morgan fingerprint density at radius 2 is 1.88 bits per heavy atom. The molecule has 1 N–H and O–H groups in total. The third kappa shape index (κ3) is 5.44. The molecule has 0 aliphatic carbocycles. The van der Waals surface area contributed by atoms with Gasteiger partial charge in [0.2, 0.25) is 0 Å². The highest BCUT2D eigenvalue weighted by Crippen LogP contribution is 2.26. The van der Waals surface area contributed by atoms with Crippen LogP contribution >= 0.6 is 0 Å². The summed E-state index contributed by atoms with van der Waals surface area (Å²) < 4.78 is 4.90. The number of ether oxygens (including phenoxy) is 1. The first-order valence-electron chi connectivity index (χ1n) is 5.69. The van der Waals surface area contributed by atoms with E-state index >= 15 is 0 Å². The molecule has 0 bridgehead atoms. The van der Waals surface area contributed by atoms with Gasteiger partial charge in [-0.1, -0.05) is 44.9 Å². The van der Waals surface area contributed by atoms with E-state index in [2.05, 4.69) is 13.8 Å². The SMILES string of the molecule is CC=Cc1ccc(OC)c(O)c1.CCCC. The third-order valence-electron chi connectivity index (χ3n) is 2.06. The molecule has 0 saturated heterocycles. The molecule has 0 atom stereocenters. The maximum absolute atomic E-state index is 9.36. The molecule has 0 unspecified atom stereocenters. The van der Waals surface area contributed by atoms with Gasteiger partial charge in [-0.2, -0.15) is 0 Å². The molecule has 0 aromatic heterocycles. The number of phenolic OH excluding ortho intramolecular Hbond substituents is 1. The number of rotatable bonds is 3. The minimum Gasteiger partial charge on any atom is -0.504 e. The summed E-state index contributed by atoms with van der Waals surface area (Å²) in [6.45, 7) is 6.29. The number of benzene rings is 1. The summed E-state index contributed by atoms with van der Waals surface area (Å²) >= 11 is 0. The smallest absolute Gasteiger partial charge is 0.160 e. The van der Waals surface area contributed by atoms with Crippen molar-refractivity contribution in [3.05, 3.63) is 29.8 Å². The molecule has 2 nitrogen and oxygen atoms in total. The number of phenols is 1. The Morgan fingerprint density at radius 1 is 1.25 bits per heavy atom. The monoisotopic (exact) mass is 222 g/mol. The lowest BCUT2D eigenvalue weighted by Crippen LogP contribution is -1.83. The van der Waals surface area contributed by atoms with E-state index in [-0.39, 0.29) is 5.75 Å². The summed E-state index contributed by atoms with van der Waals surface area (Å²) in [6, 6.07) is 5.29. The minimum absolute atomic E-state index is 0.174. The Balaban J connectivity index is 0.000000487. The van der Waals surface area contributed by atoms with E-state index in [0.29, 0.717) is 5.75 Å². The molecule has 0 spiro atoms. The molecular formula is C14H22O2. The van der Waals surface area contributed by atoms with Crippen molar-refractivity contribution in [2.75, 3.05) is 7.11 Å². The molecule has 0 heterocycles. The predicted molar refractivity (Wildman–Crippen MR) is 69.9 cm³/mol. The van der Waals surface area contributed by atoms with E-state index in [1.165, 1.54) is 20.0 Å². The molecule has 0 fully saturated rings. The van der Waals surface area contributed by atoms with E-state index in [4.69, 9.17) is 4.74 Å². The molecule has 2 heteroatoms. The largest absolute Gasteiger partial charge is 0.504 e. The summed E-state index contributed by atoms with van der Waals surface area (Å²) in [5.74, 6) is 0.677. The van der Waals surface area contributed by atoms with Crippen LogP contribution in [0, 0.1) is 0 Å². The molecule has 16 heavy (non-hydrogen) atoms. The van der Waals surface area contributed by atoms with Crippen molar-refractivity contribution in [1.82, 2.24) is 0 Å². The van der Waals surface area contributed by atoms with Gasteiger partial charge in [0.15, 0.2) is 11.5 Å². The van der Waals surface area contributed by atoms with Crippen LogP contribution in [-0.2, 0) is 0 Å². The van der Waals surface area contributed by atoms with E-state index in [1.54, 1.807) is 12.1 Å². The van der Waals surface area contributed by atoms with Gasteiger partial charge in [-0.05, 0) is 24.6 Å². The summed E-state index contributed by atoms with van der Waals surface area (Å²) in [6.07, 6.45) is 6.47. The summed E-state index contributed by atoms with van der Waals surface area (Å²) in [4.78, 5) is 0. The topological polar surface area (TPSA) is 29.5 Å². The molecule has 0 saturated carbocycles. The van der Waals surface area contributed by atoms with Gasteiger partial charge in [-0.3, -0.25) is 0 Å². The van der Waals surface area contributed by atoms with Crippen molar-refractivity contribution >= 4 is 6.08 Å². The first kappa shape index (κ1) is 14.6. The predicted octanol–water partition coefficient (Wildman–Crippen LogP) is 4.24. The van der Waals surface area contributed by atoms with Crippen LogP contribution in [0.2, 0.25) is 0 Å². The van der Waals surface area contributed by atoms with Crippen molar-refractivity contribution in [3.8, 4) is 11.5 Å². The molecule has 0 radical (unpaired) electrons. The first-order valence-corrected chi connectivity index (χ1v) is 5.69. The normalized spacial score (nSPS) is 9.75. The molecule has 0 aliphatic rings. The van der Waals surface area contributed by atoms with E-state index in [1.807, 2.05) is 25.1 Å². The third-order valence-corrected chi connectivity index (χ3v) is 2.06. The maximum atomic E-state index is 9.36. The minimum atomic E-state index is 0.174. The van der Waals surface area contributed by atoms with Crippen molar-refractivity contribution in [2.24, 2.45) is 0 Å². The van der Waals surface area contributed by atoms with E-state index < -0.39 is 0 Å². The maximum Gasteiger partial charge on any atom is 0.160 e. The van der Waals surface area contributed by atoms with Crippen molar-refractivity contribution in [3.63, 3.8) is 0 Å². The lowest BCUT2D eigenvalue weighted by atomic mass is 10.2. The molecule has 1 aromatic rings. The highest BCUT2D eigenvalue weighted by Gasteiger charge is 1.99. The first-order chi connectivity index (χ1) is 7.69. The zero-order valence-electron chi connectivity index (χ0n) is 10.7. The summed E-state index contributed by atoms with van der Waals surface area (Å²) in [5, 5.41) is 9.36. The fourth-order valence-corrected chi connectivity index (χ4v) is 1.00. The second-order valence-corrected chi connectivity index (χ2v) is 3.43. The number of aromatic hydroxyl groups is 1. The Kier molecular flexibility index (Phi) is 8.04. The molecule has 1 rings (SSSR count). The number of unbranched alkanes of at least 4 members (excludes halogenated alkanes) is 1. The summed E-state index contributed by atoms with van der Waals surface area (Å²) in [5.41, 5.74) is 0.968. The zero-order chi connectivity index (χ0) is 12.4. The molecule has 1 aromatic carbocycles. The lowest BCUT2D eigenvalue weighted by molar-refractivity contribution is 0.373. The van der Waals surface area contributed by atoms with Gasteiger partial charge in [-0.15, -0.1) is 0 Å². The van der Waals surface area contributed by atoms with Crippen LogP contribution in [0.5, 0.6) is 11.5 Å². The Hall–Kier alpha value is -1.44. The molecule has 0 amide bonds. The highest BCUT2D eigenvalue weighted by atomic mass is 16.5. The fourth-order valence-electron chi connectivity index (χ4n) is 1.00. The average molecular weight is 222 g/mol. The van der Waals surface area contributed by atoms with Crippen LogP contribution in [0.1, 0.15) is 39.2 Å². The van der Waals surface area contributed by atoms with E-state index in [9.17, 15) is 5.11 Å². The van der Waals surface area contributed by atoms with Gasteiger partial charge >= 0.3 is 0 Å². The second kappa shape index (κ2) is 8.84. The van der Waals surface area contributed by atoms with Crippen LogP contribution in [0.25, 0.3) is 6.08 Å². The van der Waals surface area contributed by atoms with Gasteiger partial charge in [0.05, 0.1) is 7.11 Å². The number of allylic oxidation sites excluding steroid dienone is 1. The van der Waals surface area contributed by atoms with Gasteiger partial charge in [0.1, 0.15) is 0 Å². The fraction of sp³-hybridized carbons (Fsp3) is 0.429. The van der Waals surface area contributed by atoms with Gasteiger partial charge < -0.3 is 9.84 Å². The van der Waals surface area contributed by atoms with Crippen LogP contribution < -0.4 is 4.74 Å². The van der Waals surface area contributed by atoms with Gasteiger partial charge in [-0.25, -0.2) is 0 Å². The van der Waals surface area contributed by atoms with Gasteiger partial charge in [0.25, 0.3) is 0 Å². The zero-order valence-corrected chi connectivity index (χ0v) is 10.7. The van der Waals surface area contributed by atoms with Crippen LogP contribution in [0.3, 0.4) is 0 Å². The Labute approximate surface area is 98.6 Å². The molecule has 90 valence electrons. The van der Waals surface area contributed by atoms with Crippen LogP contribution in [-0.4, -0.2) is 12.2 Å². The standard InChI is InChI=1S/C10H12O2.C4H10/c1-3-4-8-5-6-10(12-2)9(11)7-8;1-3-4-2/h3-7,11H,1-2H3;3-4H2,1-2H3. The highest BCUT2D eigenvalue weighted by molar-refractivity contribution is 5.55. The average Bonchev–Trinajstić information content (AvgIpc) is 2.30. The lowest BCUT2D eigenvalue weighted by Gasteiger charge is -2.02. The quantitative estimate of drug-likeness (QED) is 0.828. The van der Waals surface area contributed by atoms with Crippen molar-refractivity contribution in [2.45, 2.75) is 33.6 Å². The Bertz CT molecular complexity index is 315. The molecular weight excluding hydrogens is 200 g/mol. The van der Waals surface area contributed by atoms with Gasteiger partial charge in [0, 0.05) is 0 Å². The molecule has 0 aliphatic heterocycles. The second-order valence-electron chi connectivity index (χ2n) is 3.43. The van der Waals surface area contributed by atoms with Crippen molar-refractivity contribution in [1.29, 1.82) is 0 Å². The number of hydrogen-bond donors (Lipinski definition) is 1. The Morgan fingerprint density at radius 3 is 2.25 bits per heavy atom. The number of hydrogen-bond acceptors (Lipinski definition) is 2.